The number of nitrogens with one attached hydrogen (secondary N) is 1. The molecular weight excluding hydrogens is 443 g/mol. The number of benzene rings is 2. The number of amides is 1. The Morgan fingerprint density at radius 1 is 1.29 bits per heavy atom. The number of halogens is 1. The van der Waals surface area contributed by atoms with Crippen molar-refractivity contribution in [2.75, 3.05) is 6.61 Å². The number of pyridine rings is 1. The zero-order valence-electron chi connectivity index (χ0n) is 18.5. The Morgan fingerprint density at radius 2 is 2.03 bits per heavy atom. The number of aromatic carboxylic acids is 1. The maximum atomic E-state index is 15.5. The van der Waals surface area contributed by atoms with Crippen molar-refractivity contribution in [3.8, 4) is 5.75 Å². The predicted octanol–water partition coefficient (Wildman–Crippen LogP) is 4.10. The molecule has 1 saturated carbocycles. The van der Waals surface area contributed by atoms with E-state index in [1.807, 2.05) is 37.3 Å². The fraction of sp³-hybridized carbons (Fsp3) is 0.320. The van der Waals surface area contributed by atoms with Gasteiger partial charge < -0.3 is 24.5 Å². The molecule has 3 aromatic rings. The zero-order chi connectivity index (χ0) is 24.0. The van der Waals surface area contributed by atoms with Crippen LogP contribution in [-0.4, -0.2) is 28.3 Å². The predicted molar refractivity (Wildman–Crippen MR) is 121 cm³/mol. The highest BCUT2D eigenvalue weighted by Gasteiger charge is 2.51. The summed E-state index contributed by atoms with van der Waals surface area (Å²) in [5, 5.41) is 12.2. The smallest absolute Gasteiger partial charge is 0.408 e. The molecule has 0 bridgehead atoms. The molecule has 1 fully saturated rings. The molecule has 0 radical (unpaired) electrons. The summed E-state index contributed by atoms with van der Waals surface area (Å²) < 4.78 is 28.5. The average molecular weight is 466 g/mol. The zero-order valence-corrected chi connectivity index (χ0v) is 18.5. The molecule has 1 aliphatic heterocycles. The van der Waals surface area contributed by atoms with Crippen molar-refractivity contribution in [1.29, 1.82) is 0 Å². The number of rotatable bonds is 6. The van der Waals surface area contributed by atoms with Gasteiger partial charge in [-0.2, -0.15) is 0 Å². The van der Waals surface area contributed by atoms with E-state index in [0.717, 1.165) is 11.6 Å². The van der Waals surface area contributed by atoms with Crippen LogP contribution < -0.4 is 15.5 Å². The van der Waals surface area contributed by atoms with Gasteiger partial charge in [0, 0.05) is 6.20 Å². The second kappa shape index (κ2) is 8.16. The molecule has 1 amide bonds. The van der Waals surface area contributed by atoms with Gasteiger partial charge in [-0.3, -0.25) is 4.79 Å². The van der Waals surface area contributed by atoms with Crippen LogP contribution in [-0.2, 0) is 16.9 Å². The number of alkyl carbamates (subject to hydrolysis) is 1. The van der Waals surface area contributed by atoms with Crippen molar-refractivity contribution in [2.24, 2.45) is 0 Å². The largest absolute Gasteiger partial charge is 0.489 e. The van der Waals surface area contributed by atoms with Crippen LogP contribution in [0.25, 0.3) is 10.9 Å². The van der Waals surface area contributed by atoms with Gasteiger partial charge >= 0.3 is 12.1 Å². The highest BCUT2D eigenvalue weighted by atomic mass is 19.1. The van der Waals surface area contributed by atoms with E-state index in [0.29, 0.717) is 24.8 Å². The fourth-order valence-corrected chi connectivity index (χ4v) is 4.57. The maximum Gasteiger partial charge on any atom is 0.408 e. The number of carbonyl (C=O) groups excluding carboxylic acids is 1. The van der Waals surface area contributed by atoms with Crippen molar-refractivity contribution in [3.63, 3.8) is 0 Å². The second-order valence-electron chi connectivity index (χ2n) is 8.68. The van der Waals surface area contributed by atoms with Crippen molar-refractivity contribution >= 4 is 23.0 Å². The van der Waals surface area contributed by atoms with Crippen LogP contribution in [0.1, 0.15) is 53.7 Å². The van der Waals surface area contributed by atoms with Crippen LogP contribution >= 0.6 is 0 Å². The highest BCUT2D eigenvalue weighted by molar-refractivity contribution is 5.95. The minimum absolute atomic E-state index is 0.0586. The van der Waals surface area contributed by atoms with E-state index in [1.165, 1.54) is 6.20 Å². The number of nitrogens with zero attached hydrogens (tertiary/aromatic N) is 1. The number of carboxylic acids is 1. The molecule has 2 heterocycles. The summed E-state index contributed by atoms with van der Waals surface area (Å²) >= 11 is 0. The summed E-state index contributed by atoms with van der Waals surface area (Å²) in [7, 11) is 0. The first-order valence-corrected chi connectivity index (χ1v) is 11.1. The van der Waals surface area contributed by atoms with Crippen molar-refractivity contribution in [2.45, 2.75) is 44.4 Å². The Bertz CT molecular complexity index is 1360. The molecule has 2 aliphatic rings. The highest BCUT2D eigenvalue weighted by Crippen LogP contribution is 2.52. The third-order valence-electron chi connectivity index (χ3n) is 6.52. The summed E-state index contributed by atoms with van der Waals surface area (Å²) in [6, 6.07) is 10.0. The van der Waals surface area contributed by atoms with Gasteiger partial charge in [0.05, 0.1) is 28.0 Å². The molecule has 2 aromatic carbocycles. The number of ether oxygens (including phenoxy) is 2. The topological polar surface area (TPSA) is 107 Å². The average Bonchev–Trinajstić information content (AvgIpc) is 3.59. The summed E-state index contributed by atoms with van der Waals surface area (Å²) in [5.74, 6) is -1.94. The molecule has 0 spiro atoms. The third kappa shape index (κ3) is 3.57. The molecule has 34 heavy (non-hydrogen) atoms. The lowest BCUT2D eigenvalue weighted by atomic mass is 9.97. The molecule has 5 rings (SSSR count). The standard InChI is InChI=1S/C25H23FN2O6/c1-2-15-13-33-22-19(18(26)10-16-20(22)28(15)11-17(21(16)29)23(30)31)25(8-9-25)27-24(32)34-12-14-6-4-3-5-7-14/h3-7,10-11,15H,2,8-9,12-13H2,1H3,(H,27,32)(H,30,31). The van der Waals surface area contributed by atoms with Crippen LogP contribution in [0.2, 0.25) is 0 Å². The normalized spacial score (nSPS) is 17.6. The van der Waals surface area contributed by atoms with Gasteiger partial charge in [-0.1, -0.05) is 37.3 Å². The van der Waals surface area contributed by atoms with E-state index in [1.54, 1.807) is 4.57 Å². The van der Waals surface area contributed by atoms with Gasteiger partial charge in [0.15, 0.2) is 5.75 Å². The number of aromatic nitrogens is 1. The monoisotopic (exact) mass is 466 g/mol. The van der Waals surface area contributed by atoms with Crippen molar-refractivity contribution < 1.29 is 28.6 Å². The van der Waals surface area contributed by atoms with Crippen LogP contribution in [0.4, 0.5) is 9.18 Å². The number of carboxylic acid groups (broad SMARTS) is 1. The van der Waals surface area contributed by atoms with Crippen LogP contribution in [0.3, 0.4) is 0 Å². The number of hydrogen-bond donors (Lipinski definition) is 2. The van der Waals surface area contributed by atoms with Gasteiger partial charge in [0.25, 0.3) is 0 Å². The van der Waals surface area contributed by atoms with Gasteiger partial charge in [-0.15, -0.1) is 0 Å². The molecule has 2 N–H and O–H groups in total. The first kappa shape index (κ1) is 21.9. The summed E-state index contributed by atoms with van der Waals surface area (Å²) in [6.07, 6.45) is 2.18. The van der Waals surface area contributed by atoms with Gasteiger partial charge in [0.2, 0.25) is 5.43 Å². The molecular formula is C25H23FN2O6. The quantitative estimate of drug-likeness (QED) is 0.567. The lowest BCUT2D eigenvalue weighted by molar-refractivity contribution is 0.0694. The first-order chi connectivity index (χ1) is 16.3. The van der Waals surface area contributed by atoms with Crippen LogP contribution in [0.15, 0.2) is 47.4 Å². The summed E-state index contributed by atoms with van der Waals surface area (Å²) in [5.41, 5.74) is -0.896. The van der Waals surface area contributed by atoms with Gasteiger partial charge in [-0.05, 0) is 30.9 Å². The Balaban J connectivity index is 1.56. The minimum Gasteiger partial charge on any atom is -0.489 e. The molecule has 9 heteroatoms. The SMILES string of the molecule is CCC1COc2c(C3(NC(=O)OCc4ccccc4)CC3)c(F)cc3c(=O)c(C(=O)O)cn1c23. The molecule has 0 saturated heterocycles. The molecule has 1 unspecified atom stereocenters. The van der Waals surface area contributed by atoms with E-state index >= 15 is 4.39 Å². The van der Waals surface area contributed by atoms with E-state index in [-0.39, 0.29) is 36.0 Å². The summed E-state index contributed by atoms with van der Waals surface area (Å²) in [4.78, 5) is 37.0. The molecule has 176 valence electrons. The van der Waals surface area contributed by atoms with E-state index in [2.05, 4.69) is 5.32 Å². The summed E-state index contributed by atoms with van der Waals surface area (Å²) in [6.45, 7) is 2.17. The van der Waals surface area contributed by atoms with Gasteiger partial charge in [-0.25, -0.2) is 14.0 Å². The Morgan fingerprint density at radius 3 is 2.68 bits per heavy atom. The maximum absolute atomic E-state index is 15.5. The first-order valence-electron chi connectivity index (χ1n) is 11.1. The van der Waals surface area contributed by atoms with Crippen molar-refractivity contribution in [1.82, 2.24) is 9.88 Å². The van der Waals surface area contributed by atoms with Crippen molar-refractivity contribution in [3.05, 3.63) is 75.3 Å². The van der Waals surface area contributed by atoms with E-state index in [9.17, 15) is 19.5 Å². The molecule has 1 aromatic heterocycles. The minimum atomic E-state index is -1.37. The second-order valence-corrected chi connectivity index (χ2v) is 8.68. The molecule has 8 nitrogen and oxygen atoms in total. The number of hydrogen-bond acceptors (Lipinski definition) is 5. The molecule has 1 atom stereocenters. The van der Waals surface area contributed by atoms with Crippen LogP contribution in [0.5, 0.6) is 5.75 Å². The van der Waals surface area contributed by atoms with Crippen LogP contribution in [0, 0.1) is 5.82 Å². The van der Waals surface area contributed by atoms with E-state index < -0.39 is 34.4 Å². The molecule has 1 aliphatic carbocycles. The Kier molecular flexibility index (Phi) is 5.27. The number of carbonyl (C=O) groups is 2. The Hall–Kier alpha value is -3.88. The lowest BCUT2D eigenvalue weighted by Gasteiger charge is -2.32. The van der Waals surface area contributed by atoms with Gasteiger partial charge in [0.1, 0.15) is 24.6 Å². The van der Waals surface area contributed by atoms with E-state index in [4.69, 9.17) is 9.47 Å². The lowest BCUT2D eigenvalue weighted by Crippen LogP contribution is -2.37. The third-order valence-corrected chi connectivity index (χ3v) is 6.52. The Labute approximate surface area is 193 Å². The fourth-order valence-electron chi connectivity index (χ4n) is 4.57.